The highest BCUT2D eigenvalue weighted by Gasteiger charge is 2.34. The molecule has 0 N–H and O–H groups in total. The van der Waals surface area contributed by atoms with E-state index < -0.39 is 11.7 Å². The van der Waals surface area contributed by atoms with Crippen molar-refractivity contribution < 1.29 is 22.7 Å². The molecule has 1 aliphatic heterocycles. The summed E-state index contributed by atoms with van der Waals surface area (Å²) in [5.41, 5.74) is -0.780. The van der Waals surface area contributed by atoms with Crippen molar-refractivity contribution in [3.63, 3.8) is 0 Å². The molecule has 1 aromatic rings. The van der Waals surface area contributed by atoms with Crippen molar-refractivity contribution >= 4 is 5.91 Å². The van der Waals surface area contributed by atoms with Crippen molar-refractivity contribution in [1.82, 2.24) is 9.88 Å². The Morgan fingerprint density at radius 1 is 1.24 bits per heavy atom. The summed E-state index contributed by atoms with van der Waals surface area (Å²) < 4.78 is 43.5. The van der Waals surface area contributed by atoms with E-state index in [-0.39, 0.29) is 17.9 Å². The third-order valence-electron chi connectivity index (χ3n) is 5.04. The SMILES string of the molecule is O=C(CCC1CCCCC1)N1CC(Oc2cc(C(F)(F)F)ccn2)C1. The lowest BCUT2D eigenvalue weighted by Gasteiger charge is -2.39. The Balaban J connectivity index is 1.41. The average molecular weight is 356 g/mol. The Morgan fingerprint density at radius 2 is 1.96 bits per heavy atom. The molecule has 2 fully saturated rings. The first-order valence-corrected chi connectivity index (χ1v) is 8.89. The summed E-state index contributed by atoms with van der Waals surface area (Å²) in [7, 11) is 0. The third kappa shape index (κ3) is 4.86. The maximum atomic E-state index is 12.7. The topological polar surface area (TPSA) is 42.4 Å². The zero-order valence-corrected chi connectivity index (χ0v) is 14.1. The summed E-state index contributed by atoms with van der Waals surface area (Å²) in [6.07, 6.45) is 4.17. The number of ether oxygens (including phenoxy) is 1. The smallest absolute Gasteiger partial charge is 0.416 e. The number of rotatable bonds is 5. The second-order valence-electron chi connectivity index (χ2n) is 6.96. The lowest BCUT2D eigenvalue weighted by Crippen LogP contribution is -2.56. The minimum absolute atomic E-state index is 0.0471. The van der Waals surface area contributed by atoms with Gasteiger partial charge in [0.1, 0.15) is 6.10 Å². The van der Waals surface area contributed by atoms with E-state index in [1.807, 2.05) is 0 Å². The first kappa shape index (κ1) is 18.0. The molecule has 0 atom stereocenters. The molecule has 0 unspecified atom stereocenters. The Morgan fingerprint density at radius 3 is 2.64 bits per heavy atom. The highest BCUT2D eigenvalue weighted by molar-refractivity contribution is 5.77. The zero-order chi connectivity index (χ0) is 17.9. The van der Waals surface area contributed by atoms with Crippen LogP contribution in [0.3, 0.4) is 0 Å². The van der Waals surface area contributed by atoms with Crippen LogP contribution in [0.25, 0.3) is 0 Å². The van der Waals surface area contributed by atoms with Gasteiger partial charge in [-0.2, -0.15) is 13.2 Å². The molecule has 7 heteroatoms. The number of halogens is 3. The van der Waals surface area contributed by atoms with Gasteiger partial charge < -0.3 is 9.64 Å². The number of carbonyl (C=O) groups is 1. The van der Waals surface area contributed by atoms with Crippen molar-refractivity contribution in [3.8, 4) is 5.88 Å². The highest BCUT2D eigenvalue weighted by atomic mass is 19.4. The van der Waals surface area contributed by atoms with E-state index >= 15 is 0 Å². The Bertz CT molecular complexity index is 594. The van der Waals surface area contributed by atoms with Gasteiger partial charge in [-0.15, -0.1) is 0 Å². The van der Waals surface area contributed by atoms with Crippen molar-refractivity contribution in [3.05, 3.63) is 23.9 Å². The fourth-order valence-electron chi connectivity index (χ4n) is 3.50. The molecule has 1 aromatic heterocycles. The van der Waals surface area contributed by atoms with Gasteiger partial charge >= 0.3 is 6.18 Å². The van der Waals surface area contributed by atoms with Gasteiger partial charge in [0.25, 0.3) is 0 Å². The lowest BCUT2D eigenvalue weighted by atomic mass is 9.86. The van der Waals surface area contributed by atoms with E-state index in [9.17, 15) is 18.0 Å². The maximum Gasteiger partial charge on any atom is 0.416 e. The summed E-state index contributed by atoms with van der Waals surface area (Å²) in [5.74, 6) is 0.733. The molecule has 2 aliphatic rings. The number of pyridine rings is 1. The first-order chi connectivity index (χ1) is 11.9. The van der Waals surface area contributed by atoms with Gasteiger partial charge in [0.2, 0.25) is 11.8 Å². The lowest BCUT2D eigenvalue weighted by molar-refractivity contribution is -0.140. The van der Waals surface area contributed by atoms with Crippen LogP contribution in [-0.2, 0) is 11.0 Å². The molecule has 1 aliphatic carbocycles. The number of alkyl halides is 3. The molecule has 2 heterocycles. The normalized spacial score (nSPS) is 19.6. The van der Waals surface area contributed by atoms with Crippen LogP contribution >= 0.6 is 0 Å². The van der Waals surface area contributed by atoms with Gasteiger partial charge in [-0.3, -0.25) is 4.79 Å². The number of amides is 1. The number of hydrogen-bond donors (Lipinski definition) is 0. The molecule has 4 nitrogen and oxygen atoms in total. The van der Waals surface area contributed by atoms with E-state index in [4.69, 9.17) is 4.74 Å². The quantitative estimate of drug-likeness (QED) is 0.799. The van der Waals surface area contributed by atoms with E-state index in [1.54, 1.807) is 4.90 Å². The molecule has 0 spiro atoms. The average Bonchev–Trinajstić information content (AvgIpc) is 2.56. The maximum absolute atomic E-state index is 12.7. The number of nitrogens with zero attached hydrogens (tertiary/aromatic N) is 2. The van der Waals surface area contributed by atoms with Crippen molar-refractivity contribution in [2.24, 2.45) is 5.92 Å². The predicted molar refractivity (Wildman–Crippen MR) is 86.0 cm³/mol. The van der Waals surface area contributed by atoms with Crippen LogP contribution in [0.1, 0.15) is 50.5 Å². The van der Waals surface area contributed by atoms with Crippen molar-refractivity contribution in [1.29, 1.82) is 0 Å². The summed E-state index contributed by atoms with van der Waals surface area (Å²) in [5, 5.41) is 0. The second-order valence-corrected chi connectivity index (χ2v) is 6.96. The Labute approximate surface area is 145 Å². The number of hydrogen-bond acceptors (Lipinski definition) is 3. The molecule has 138 valence electrons. The van der Waals surface area contributed by atoms with Crippen LogP contribution in [0.2, 0.25) is 0 Å². The molecular weight excluding hydrogens is 333 g/mol. The standard InChI is InChI=1S/C18H23F3N2O2/c19-18(20,21)14-8-9-22-16(10-14)25-15-11-23(12-15)17(24)7-6-13-4-2-1-3-5-13/h8-10,13,15H,1-7,11-12H2. The summed E-state index contributed by atoms with van der Waals surface area (Å²) in [6.45, 7) is 0.836. The van der Waals surface area contributed by atoms with E-state index in [0.717, 1.165) is 24.8 Å². The molecular formula is C18H23F3N2O2. The molecule has 1 saturated heterocycles. The van der Waals surface area contributed by atoms with E-state index in [1.165, 1.54) is 32.1 Å². The van der Waals surface area contributed by atoms with Crippen LogP contribution < -0.4 is 4.74 Å². The monoisotopic (exact) mass is 356 g/mol. The molecule has 25 heavy (non-hydrogen) atoms. The fraction of sp³-hybridized carbons (Fsp3) is 0.667. The van der Waals surface area contributed by atoms with E-state index in [2.05, 4.69) is 4.98 Å². The number of aromatic nitrogens is 1. The van der Waals surface area contributed by atoms with Gasteiger partial charge in [0.15, 0.2) is 0 Å². The van der Waals surface area contributed by atoms with Gasteiger partial charge in [0.05, 0.1) is 18.7 Å². The molecule has 1 saturated carbocycles. The predicted octanol–water partition coefficient (Wildman–Crippen LogP) is 4.05. The van der Waals surface area contributed by atoms with Crippen LogP contribution in [0, 0.1) is 5.92 Å². The van der Waals surface area contributed by atoms with Gasteiger partial charge in [-0.1, -0.05) is 32.1 Å². The second kappa shape index (κ2) is 7.62. The van der Waals surface area contributed by atoms with Crippen molar-refractivity contribution in [2.75, 3.05) is 13.1 Å². The van der Waals surface area contributed by atoms with Gasteiger partial charge in [-0.05, 0) is 18.4 Å². The number of likely N-dealkylation sites (tertiary alicyclic amines) is 1. The van der Waals surface area contributed by atoms with Crippen LogP contribution in [0.5, 0.6) is 5.88 Å². The molecule has 1 amide bonds. The van der Waals surface area contributed by atoms with Crippen LogP contribution in [-0.4, -0.2) is 35.0 Å². The van der Waals surface area contributed by atoms with Gasteiger partial charge in [-0.25, -0.2) is 4.98 Å². The van der Waals surface area contributed by atoms with Gasteiger partial charge in [0, 0.05) is 18.7 Å². The highest BCUT2D eigenvalue weighted by Crippen LogP contribution is 2.31. The minimum Gasteiger partial charge on any atom is -0.471 e. The molecule has 0 aromatic carbocycles. The molecule has 0 radical (unpaired) electrons. The minimum atomic E-state index is -4.41. The molecule has 3 rings (SSSR count). The zero-order valence-electron chi connectivity index (χ0n) is 14.1. The Kier molecular flexibility index (Phi) is 5.49. The molecule has 0 bridgehead atoms. The summed E-state index contributed by atoms with van der Waals surface area (Å²) in [6, 6.07) is 1.81. The van der Waals surface area contributed by atoms with Crippen LogP contribution in [0.4, 0.5) is 13.2 Å². The summed E-state index contributed by atoms with van der Waals surface area (Å²) >= 11 is 0. The van der Waals surface area contributed by atoms with E-state index in [0.29, 0.717) is 25.4 Å². The Hall–Kier alpha value is -1.79. The summed E-state index contributed by atoms with van der Waals surface area (Å²) in [4.78, 5) is 17.7. The first-order valence-electron chi connectivity index (χ1n) is 8.89. The number of carbonyl (C=O) groups excluding carboxylic acids is 1. The van der Waals surface area contributed by atoms with Crippen LogP contribution in [0.15, 0.2) is 18.3 Å². The fourth-order valence-corrected chi connectivity index (χ4v) is 3.50. The van der Waals surface area contributed by atoms with Crippen molar-refractivity contribution in [2.45, 2.75) is 57.2 Å². The third-order valence-corrected chi connectivity index (χ3v) is 5.04. The largest absolute Gasteiger partial charge is 0.471 e.